The van der Waals surface area contributed by atoms with Gasteiger partial charge in [-0.25, -0.2) is 0 Å². The lowest BCUT2D eigenvalue weighted by atomic mass is 9.84. The fourth-order valence-electron chi connectivity index (χ4n) is 3.16. The molecule has 1 aliphatic rings. The van der Waals surface area contributed by atoms with Gasteiger partial charge in [-0.2, -0.15) is 0 Å². The van der Waals surface area contributed by atoms with Crippen molar-refractivity contribution in [2.75, 3.05) is 0 Å². The zero-order valence-electron chi connectivity index (χ0n) is 12.6. The molecular weight excluding hydrogens is 256 g/mol. The molecule has 0 aromatic heterocycles. The minimum atomic E-state index is -0.855. The third-order valence-electron chi connectivity index (χ3n) is 4.44. The van der Waals surface area contributed by atoms with Crippen molar-refractivity contribution in [1.29, 1.82) is 0 Å². The monoisotopic (exact) mass is 284 g/mol. The maximum Gasteiger partial charge on any atom is 0.320 e. The molecule has 1 saturated heterocycles. The molecule has 0 bridgehead atoms. The lowest BCUT2D eigenvalue weighted by Crippen LogP contribution is -2.55. The largest absolute Gasteiger partial charge is 0.480 e. The summed E-state index contributed by atoms with van der Waals surface area (Å²) < 4.78 is 0. The van der Waals surface area contributed by atoms with E-state index in [1.165, 1.54) is 0 Å². The Balaban J connectivity index is 2.82. The second-order valence-corrected chi connectivity index (χ2v) is 5.65. The molecule has 5 atom stereocenters. The average Bonchev–Trinajstić information content (AvgIpc) is 2.84. The zero-order valence-corrected chi connectivity index (χ0v) is 12.6. The van der Waals surface area contributed by atoms with Crippen LogP contribution in [0, 0.1) is 11.8 Å². The molecule has 0 spiro atoms. The highest BCUT2D eigenvalue weighted by Gasteiger charge is 2.41. The van der Waals surface area contributed by atoms with Gasteiger partial charge in [0.25, 0.3) is 0 Å². The van der Waals surface area contributed by atoms with Crippen LogP contribution in [0.2, 0.25) is 0 Å². The van der Waals surface area contributed by atoms with Crippen LogP contribution in [0.25, 0.3) is 0 Å². The summed E-state index contributed by atoms with van der Waals surface area (Å²) in [4.78, 5) is 11.1. The molecule has 0 amide bonds. The summed E-state index contributed by atoms with van der Waals surface area (Å²) in [6.45, 7) is 5.99. The van der Waals surface area contributed by atoms with Crippen LogP contribution in [0.3, 0.4) is 0 Å². The molecule has 0 aromatic rings. The third kappa shape index (κ3) is 3.81. The average molecular weight is 284 g/mol. The van der Waals surface area contributed by atoms with E-state index >= 15 is 0 Å². The standard InChI is InChI=1S/C15H28N2O3/c1-4-7-10-8-11(15(19)20)17-13(10)12(16)14(18)9(5-2)6-3/h4,7,9-14,17-18H,5-6,8,16H2,1-3H3,(H,19,20)/b7-4-. The number of hydrogen-bond donors (Lipinski definition) is 4. The fraction of sp³-hybridized carbons (Fsp3) is 0.800. The number of hydrogen-bond acceptors (Lipinski definition) is 4. The van der Waals surface area contributed by atoms with Crippen LogP contribution in [0.15, 0.2) is 12.2 Å². The van der Waals surface area contributed by atoms with Gasteiger partial charge in [0.15, 0.2) is 0 Å². The topological polar surface area (TPSA) is 95.6 Å². The molecule has 20 heavy (non-hydrogen) atoms. The predicted molar refractivity (Wildman–Crippen MR) is 79.3 cm³/mol. The van der Waals surface area contributed by atoms with Gasteiger partial charge in [-0.3, -0.25) is 10.1 Å². The van der Waals surface area contributed by atoms with E-state index in [0.717, 1.165) is 12.8 Å². The van der Waals surface area contributed by atoms with E-state index < -0.39 is 24.2 Å². The smallest absolute Gasteiger partial charge is 0.320 e. The Bertz CT molecular complexity index is 342. The maximum absolute atomic E-state index is 11.1. The van der Waals surface area contributed by atoms with Gasteiger partial charge in [-0.05, 0) is 25.2 Å². The summed E-state index contributed by atoms with van der Waals surface area (Å²) in [6, 6.07) is -1.23. The number of rotatable bonds is 7. The highest BCUT2D eigenvalue weighted by molar-refractivity contribution is 5.74. The van der Waals surface area contributed by atoms with Gasteiger partial charge in [0, 0.05) is 12.1 Å². The molecule has 5 unspecified atom stereocenters. The molecular formula is C15H28N2O3. The lowest BCUT2D eigenvalue weighted by molar-refractivity contribution is -0.139. The molecule has 5 nitrogen and oxygen atoms in total. The van der Waals surface area contributed by atoms with Crippen molar-refractivity contribution in [2.45, 2.75) is 64.3 Å². The molecule has 5 N–H and O–H groups in total. The molecule has 0 aromatic carbocycles. The van der Waals surface area contributed by atoms with Gasteiger partial charge in [-0.1, -0.05) is 38.8 Å². The summed E-state index contributed by atoms with van der Waals surface area (Å²) in [5.74, 6) is -0.645. The molecule has 116 valence electrons. The Morgan fingerprint density at radius 3 is 2.50 bits per heavy atom. The van der Waals surface area contributed by atoms with Crippen molar-refractivity contribution in [1.82, 2.24) is 5.32 Å². The predicted octanol–water partition coefficient (Wildman–Crippen LogP) is 1.12. The van der Waals surface area contributed by atoms with Crippen molar-refractivity contribution >= 4 is 5.97 Å². The third-order valence-corrected chi connectivity index (χ3v) is 4.44. The number of nitrogens with two attached hydrogens (primary N) is 1. The van der Waals surface area contributed by atoms with Crippen LogP contribution in [0.5, 0.6) is 0 Å². The Morgan fingerprint density at radius 2 is 2.05 bits per heavy atom. The molecule has 0 aliphatic carbocycles. The van der Waals surface area contributed by atoms with Crippen LogP contribution in [-0.4, -0.2) is 40.4 Å². The summed E-state index contributed by atoms with van der Waals surface area (Å²) in [7, 11) is 0. The summed E-state index contributed by atoms with van der Waals surface area (Å²) in [5, 5.41) is 22.6. The van der Waals surface area contributed by atoms with Gasteiger partial charge in [0.1, 0.15) is 6.04 Å². The van der Waals surface area contributed by atoms with Crippen LogP contribution in [-0.2, 0) is 4.79 Å². The number of carboxylic acids is 1. The molecule has 1 fully saturated rings. The van der Waals surface area contributed by atoms with Gasteiger partial charge in [0.05, 0.1) is 6.10 Å². The van der Waals surface area contributed by atoms with Gasteiger partial charge in [0.2, 0.25) is 0 Å². The summed E-state index contributed by atoms with van der Waals surface area (Å²) in [6.07, 6.45) is 5.56. The van der Waals surface area contributed by atoms with Crippen LogP contribution < -0.4 is 11.1 Å². The summed E-state index contributed by atoms with van der Waals surface area (Å²) >= 11 is 0. The van der Waals surface area contributed by atoms with Crippen molar-refractivity contribution in [3.63, 3.8) is 0 Å². The number of allylic oxidation sites excluding steroid dienone is 1. The van der Waals surface area contributed by atoms with Gasteiger partial charge >= 0.3 is 5.97 Å². The first-order valence-corrected chi connectivity index (χ1v) is 7.51. The number of carboxylic acid groups (broad SMARTS) is 1. The van der Waals surface area contributed by atoms with Crippen LogP contribution in [0.1, 0.15) is 40.0 Å². The quantitative estimate of drug-likeness (QED) is 0.525. The number of aliphatic carboxylic acids is 1. The van der Waals surface area contributed by atoms with E-state index in [9.17, 15) is 9.90 Å². The van der Waals surface area contributed by atoms with E-state index in [1.54, 1.807) is 0 Å². The molecule has 1 rings (SSSR count). The van der Waals surface area contributed by atoms with E-state index in [2.05, 4.69) is 5.32 Å². The Kier molecular flexibility index (Phi) is 6.65. The van der Waals surface area contributed by atoms with E-state index in [1.807, 2.05) is 32.9 Å². The first-order valence-electron chi connectivity index (χ1n) is 7.51. The number of carbonyl (C=O) groups is 1. The van der Waals surface area contributed by atoms with Gasteiger partial charge in [-0.15, -0.1) is 0 Å². The summed E-state index contributed by atoms with van der Waals surface area (Å²) in [5.41, 5.74) is 6.22. The van der Waals surface area contributed by atoms with Crippen molar-refractivity contribution in [3.8, 4) is 0 Å². The minimum absolute atomic E-state index is 0.0557. The molecule has 0 saturated carbocycles. The number of aliphatic hydroxyl groups is 1. The fourth-order valence-corrected chi connectivity index (χ4v) is 3.16. The number of nitrogens with one attached hydrogen (secondary N) is 1. The first-order chi connectivity index (χ1) is 9.46. The molecule has 5 heteroatoms. The molecule has 1 heterocycles. The highest BCUT2D eigenvalue weighted by atomic mass is 16.4. The van der Waals surface area contributed by atoms with Crippen molar-refractivity contribution in [2.24, 2.45) is 17.6 Å². The molecule has 0 radical (unpaired) electrons. The van der Waals surface area contributed by atoms with Crippen LogP contribution >= 0.6 is 0 Å². The number of aliphatic hydroxyl groups excluding tert-OH is 1. The zero-order chi connectivity index (χ0) is 15.3. The molecule has 1 aliphatic heterocycles. The maximum atomic E-state index is 11.1. The second kappa shape index (κ2) is 7.76. The van der Waals surface area contributed by atoms with Crippen molar-refractivity contribution in [3.05, 3.63) is 12.2 Å². The SMILES string of the molecule is C/C=C\C1CC(C(=O)O)NC1C(N)C(O)C(CC)CC. The van der Waals surface area contributed by atoms with Crippen molar-refractivity contribution < 1.29 is 15.0 Å². The highest BCUT2D eigenvalue weighted by Crippen LogP contribution is 2.27. The van der Waals surface area contributed by atoms with E-state index in [-0.39, 0.29) is 17.9 Å². The first kappa shape index (κ1) is 17.1. The normalized spacial score (nSPS) is 30.0. The van der Waals surface area contributed by atoms with E-state index in [0.29, 0.717) is 6.42 Å². The van der Waals surface area contributed by atoms with E-state index in [4.69, 9.17) is 10.8 Å². The van der Waals surface area contributed by atoms with Crippen LogP contribution in [0.4, 0.5) is 0 Å². The minimum Gasteiger partial charge on any atom is -0.480 e. The lowest BCUT2D eigenvalue weighted by Gasteiger charge is -2.32. The Hall–Kier alpha value is -0.910. The Labute approximate surface area is 121 Å². The van der Waals surface area contributed by atoms with Gasteiger partial charge < -0.3 is 15.9 Å². The second-order valence-electron chi connectivity index (χ2n) is 5.65. The Morgan fingerprint density at radius 1 is 1.45 bits per heavy atom.